The number of benzene rings is 1. The molecule has 0 aliphatic rings. The number of hydrogen-bond donors (Lipinski definition) is 2. The van der Waals surface area contributed by atoms with E-state index in [2.05, 4.69) is 8.92 Å². The fourth-order valence-electron chi connectivity index (χ4n) is 1.000. The zero-order chi connectivity index (χ0) is 12.3. The topological polar surface area (TPSA) is 116 Å². The first-order valence-corrected chi connectivity index (χ1v) is 5.35. The quantitative estimate of drug-likeness (QED) is 0.446. The lowest BCUT2D eigenvalue weighted by Crippen LogP contribution is -2.11. The molecule has 0 spiro atoms. The summed E-state index contributed by atoms with van der Waals surface area (Å²) in [5.41, 5.74) is 5.39. The highest BCUT2D eigenvalue weighted by Gasteiger charge is 2.17. The summed E-state index contributed by atoms with van der Waals surface area (Å²) < 4.78 is 38.1. The number of anilines is 1. The maximum absolute atomic E-state index is 11.2. The van der Waals surface area contributed by atoms with Crippen molar-refractivity contribution in [2.75, 3.05) is 12.8 Å². The van der Waals surface area contributed by atoms with Crippen LogP contribution in [0.1, 0.15) is 10.4 Å². The molecule has 16 heavy (non-hydrogen) atoms. The van der Waals surface area contributed by atoms with Crippen LogP contribution >= 0.6 is 0 Å². The van der Waals surface area contributed by atoms with Crippen LogP contribution in [0, 0.1) is 0 Å². The van der Waals surface area contributed by atoms with Crippen LogP contribution in [0.25, 0.3) is 0 Å². The van der Waals surface area contributed by atoms with E-state index in [1.807, 2.05) is 0 Å². The normalized spacial score (nSPS) is 10.9. The van der Waals surface area contributed by atoms with E-state index in [1.165, 1.54) is 12.1 Å². The molecule has 0 radical (unpaired) electrons. The molecule has 1 rings (SSSR count). The highest BCUT2D eigenvalue weighted by molar-refractivity contribution is 7.81. The average Bonchev–Trinajstić information content (AvgIpc) is 2.14. The molecule has 0 amide bonds. The maximum atomic E-state index is 11.2. The van der Waals surface area contributed by atoms with Gasteiger partial charge in [0.1, 0.15) is 5.56 Å². The SMILES string of the molecule is COC(=O)c1ccc(N)cc1OS(=O)(=O)O. The van der Waals surface area contributed by atoms with Gasteiger partial charge >= 0.3 is 16.4 Å². The predicted octanol–water partition coefficient (Wildman–Crippen LogP) is 0.237. The van der Waals surface area contributed by atoms with E-state index in [1.54, 1.807) is 0 Å². The molecule has 0 atom stereocenters. The Morgan fingerprint density at radius 2 is 2.06 bits per heavy atom. The van der Waals surface area contributed by atoms with Crippen molar-refractivity contribution in [3.63, 3.8) is 0 Å². The first-order chi connectivity index (χ1) is 7.33. The van der Waals surface area contributed by atoms with Gasteiger partial charge < -0.3 is 14.7 Å². The van der Waals surface area contributed by atoms with E-state index in [0.29, 0.717) is 0 Å². The molecule has 1 aromatic rings. The number of nitrogen functional groups attached to an aromatic ring is 1. The van der Waals surface area contributed by atoms with Crippen molar-refractivity contribution in [2.24, 2.45) is 0 Å². The molecule has 8 heteroatoms. The maximum Gasteiger partial charge on any atom is 0.446 e. The van der Waals surface area contributed by atoms with Crippen LogP contribution in [0.2, 0.25) is 0 Å². The summed E-state index contributed by atoms with van der Waals surface area (Å²) >= 11 is 0. The molecule has 0 aromatic heterocycles. The van der Waals surface area contributed by atoms with Crippen LogP contribution in [0.3, 0.4) is 0 Å². The smallest absolute Gasteiger partial charge is 0.446 e. The summed E-state index contributed by atoms with van der Waals surface area (Å²) in [6.45, 7) is 0. The number of nitrogens with two attached hydrogens (primary N) is 1. The fraction of sp³-hybridized carbons (Fsp3) is 0.125. The number of methoxy groups -OCH3 is 1. The number of esters is 1. The van der Waals surface area contributed by atoms with Crippen LogP contribution in [0.5, 0.6) is 5.75 Å². The van der Waals surface area contributed by atoms with Crippen molar-refractivity contribution in [1.82, 2.24) is 0 Å². The Balaban J connectivity index is 3.23. The Morgan fingerprint density at radius 1 is 1.44 bits per heavy atom. The molecular weight excluding hydrogens is 238 g/mol. The second-order valence-electron chi connectivity index (χ2n) is 2.76. The first-order valence-electron chi connectivity index (χ1n) is 3.98. The predicted molar refractivity (Wildman–Crippen MR) is 54.4 cm³/mol. The van der Waals surface area contributed by atoms with Crippen molar-refractivity contribution in [3.8, 4) is 5.75 Å². The molecule has 0 heterocycles. The van der Waals surface area contributed by atoms with E-state index in [4.69, 9.17) is 10.3 Å². The second-order valence-corrected chi connectivity index (χ2v) is 3.78. The minimum absolute atomic E-state index is 0.158. The Labute approximate surface area is 91.7 Å². The molecule has 0 fully saturated rings. The van der Waals surface area contributed by atoms with Gasteiger partial charge in [-0.1, -0.05) is 0 Å². The third kappa shape index (κ3) is 3.11. The molecule has 0 bridgehead atoms. The number of carbonyl (C=O) groups is 1. The number of carbonyl (C=O) groups excluding carboxylic acids is 1. The van der Waals surface area contributed by atoms with Crippen LogP contribution in [-0.4, -0.2) is 26.0 Å². The third-order valence-electron chi connectivity index (χ3n) is 1.61. The first kappa shape index (κ1) is 12.3. The van der Waals surface area contributed by atoms with Gasteiger partial charge in [0.15, 0.2) is 5.75 Å². The Hall–Kier alpha value is -1.80. The lowest BCUT2D eigenvalue weighted by atomic mass is 10.2. The van der Waals surface area contributed by atoms with Crippen LogP contribution in [0.15, 0.2) is 18.2 Å². The van der Waals surface area contributed by atoms with Crippen molar-refractivity contribution in [2.45, 2.75) is 0 Å². The van der Waals surface area contributed by atoms with E-state index >= 15 is 0 Å². The molecule has 0 aliphatic heterocycles. The van der Waals surface area contributed by atoms with Gasteiger partial charge in [0.25, 0.3) is 0 Å². The van der Waals surface area contributed by atoms with Crippen molar-refractivity contribution < 1.29 is 26.7 Å². The van der Waals surface area contributed by atoms with Crippen LogP contribution in [0.4, 0.5) is 5.69 Å². The van der Waals surface area contributed by atoms with Gasteiger partial charge in [0, 0.05) is 11.8 Å². The minimum atomic E-state index is -4.72. The molecule has 0 saturated heterocycles. The summed E-state index contributed by atoms with van der Waals surface area (Å²) in [6.07, 6.45) is 0. The number of rotatable bonds is 3. The fourth-order valence-corrected chi connectivity index (χ4v) is 1.36. The highest BCUT2D eigenvalue weighted by Crippen LogP contribution is 2.23. The summed E-state index contributed by atoms with van der Waals surface area (Å²) in [7, 11) is -3.60. The summed E-state index contributed by atoms with van der Waals surface area (Å²) in [4.78, 5) is 11.2. The Morgan fingerprint density at radius 3 is 2.56 bits per heavy atom. The van der Waals surface area contributed by atoms with Crippen molar-refractivity contribution in [3.05, 3.63) is 23.8 Å². The largest absolute Gasteiger partial charge is 0.465 e. The average molecular weight is 247 g/mol. The van der Waals surface area contributed by atoms with Crippen LogP contribution < -0.4 is 9.92 Å². The zero-order valence-corrected chi connectivity index (χ0v) is 9.02. The van der Waals surface area contributed by atoms with E-state index < -0.39 is 22.1 Å². The van der Waals surface area contributed by atoms with Gasteiger partial charge in [-0.05, 0) is 12.1 Å². The lowest BCUT2D eigenvalue weighted by molar-refractivity contribution is 0.0599. The van der Waals surface area contributed by atoms with E-state index in [-0.39, 0.29) is 11.3 Å². The van der Waals surface area contributed by atoms with Crippen LogP contribution in [-0.2, 0) is 15.1 Å². The summed E-state index contributed by atoms with van der Waals surface area (Å²) in [6, 6.07) is 3.67. The number of hydrogen-bond acceptors (Lipinski definition) is 6. The van der Waals surface area contributed by atoms with Gasteiger partial charge in [-0.15, -0.1) is 0 Å². The molecule has 0 aliphatic carbocycles. The molecular formula is C8H9NO6S. The van der Waals surface area contributed by atoms with Gasteiger partial charge in [0.05, 0.1) is 7.11 Å². The minimum Gasteiger partial charge on any atom is -0.465 e. The summed E-state index contributed by atoms with van der Waals surface area (Å²) in [5, 5.41) is 0. The summed E-state index contributed by atoms with van der Waals surface area (Å²) in [5.74, 6) is -1.20. The van der Waals surface area contributed by atoms with Gasteiger partial charge in [-0.2, -0.15) is 8.42 Å². The highest BCUT2D eigenvalue weighted by atomic mass is 32.3. The molecule has 7 nitrogen and oxygen atoms in total. The Kier molecular flexibility index (Phi) is 3.35. The second kappa shape index (κ2) is 4.37. The van der Waals surface area contributed by atoms with Gasteiger partial charge in [-0.3, -0.25) is 4.55 Å². The van der Waals surface area contributed by atoms with Crippen molar-refractivity contribution in [1.29, 1.82) is 0 Å². The van der Waals surface area contributed by atoms with Gasteiger partial charge in [0.2, 0.25) is 0 Å². The third-order valence-corrected chi connectivity index (χ3v) is 2.00. The van der Waals surface area contributed by atoms with E-state index in [9.17, 15) is 13.2 Å². The molecule has 0 saturated carbocycles. The number of ether oxygens (including phenoxy) is 1. The monoisotopic (exact) mass is 247 g/mol. The van der Waals surface area contributed by atoms with Crippen molar-refractivity contribution >= 4 is 22.1 Å². The molecule has 88 valence electrons. The Bertz CT molecular complexity index is 509. The van der Waals surface area contributed by atoms with Gasteiger partial charge in [-0.25, -0.2) is 4.79 Å². The zero-order valence-electron chi connectivity index (χ0n) is 8.21. The van der Waals surface area contributed by atoms with E-state index in [0.717, 1.165) is 13.2 Å². The molecule has 3 N–H and O–H groups in total. The lowest BCUT2D eigenvalue weighted by Gasteiger charge is -2.07. The molecule has 0 unspecified atom stereocenters. The molecule has 1 aromatic carbocycles. The standard InChI is InChI=1S/C8H9NO6S/c1-14-8(10)6-3-2-5(9)4-7(6)15-16(11,12)13/h2-4H,9H2,1H3,(H,11,12,13).